The first-order chi connectivity index (χ1) is 7.85. The molecule has 0 aromatic heterocycles. The highest BCUT2D eigenvalue weighted by Gasteiger charge is 2.25. The minimum absolute atomic E-state index is 0.0619. The Balaban J connectivity index is 3.47. The van der Waals surface area contributed by atoms with Gasteiger partial charge >= 0.3 is 6.18 Å². The number of halogens is 3. The lowest BCUT2D eigenvalue weighted by Gasteiger charge is -2.10. The second-order valence-electron chi connectivity index (χ2n) is 4.29. The largest absolute Gasteiger partial charge is 0.389 e. The molecule has 0 aliphatic carbocycles. The summed E-state index contributed by atoms with van der Waals surface area (Å²) in [5.41, 5.74) is 5.37. The van der Waals surface area contributed by atoms with Crippen LogP contribution in [0.4, 0.5) is 13.2 Å². The molecule has 0 saturated heterocycles. The summed E-state index contributed by atoms with van der Waals surface area (Å²) < 4.78 is 35.4. The number of alkyl halides is 3. The van der Waals surface area contributed by atoms with Gasteiger partial charge in [-0.3, -0.25) is 4.79 Å². The summed E-state index contributed by atoms with van der Waals surface area (Å²) in [6, 6.07) is 0. The summed E-state index contributed by atoms with van der Waals surface area (Å²) >= 11 is 0. The molecule has 0 heterocycles. The van der Waals surface area contributed by atoms with Gasteiger partial charge in [-0.1, -0.05) is 6.92 Å². The Morgan fingerprint density at radius 3 is 2.53 bits per heavy atom. The number of nitrogens with two attached hydrogens (primary N) is 1. The quantitative estimate of drug-likeness (QED) is 0.652. The number of carbonyl (C=O) groups excluding carboxylic acids is 1. The molecule has 6 heteroatoms. The van der Waals surface area contributed by atoms with Crippen molar-refractivity contribution in [1.29, 1.82) is 0 Å². The maximum Gasteiger partial charge on any atom is 0.389 e. The van der Waals surface area contributed by atoms with Gasteiger partial charge in [0.15, 0.2) is 0 Å². The molecule has 1 atom stereocenters. The van der Waals surface area contributed by atoms with E-state index in [0.717, 1.165) is 12.8 Å². The molecule has 0 aliphatic heterocycles. The van der Waals surface area contributed by atoms with E-state index >= 15 is 0 Å². The molecule has 3 N–H and O–H groups in total. The molecule has 0 radical (unpaired) electrons. The van der Waals surface area contributed by atoms with Crippen LogP contribution in [0.25, 0.3) is 0 Å². The minimum Gasteiger partial charge on any atom is -0.356 e. The molecule has 0 fully saturated rings. The van der Waals surface area contributed by atoms with Crippen LogP contribution in [0, 0.1) is 5.92 Å². The number of hydrogen-bond acceptors (Lipinski definition) is 2. The van der Waals surface area contributed by atoms with Crippen LogP contribution in [0.15, 0.2) is 0 Å². The molecule has 102 valence electrons. The lowest BCUT2D eigenvalue weighted by atomic mass is 10.0. The number of hydrogen-bond donors (Lipinski definition) is 2. The van der Waals surface area contributed by atoms with E-state index in [1.807, 2.05) is 6.92 Å². The average molecular weight is 254 g/mol. The van der Waals surface area contributed by atoms with Crippen molar-refractivity contribution in [3.05, 3.63) is 0 Å². The molecule has 0 aromatic carbocycles. The maximum absolute atomic E-state index is 11.8. The van der Waals surface area contributed by atoms with Crippen LogP contribution >= 0.6 is 0 Å². The zero-order valence-electron chi connectivity index (χ0n) is 10.1. The zero-order chi connectivity index (χ0) is 13.3. The van der Waals surface area contributed by atoms with E-state index in [4.69, 9.17) is 5.73 Å². The van der Waals surface area contributed by atoms with Crippen LogP contribution in [0.2, 0.25) is 0 Å². The van der Waals surface area contributed by atoms with Gasteiger partial charge in [-0.2, -0.15) is 13.2 Å². The van der Waals surface area contributed by atoms with Gasteiger partial charge in [0.1, 0.15) is 0 Å². The van der Waals surface area contributed by atoms with Gasteiger partial charge < -0.3 is 11.1 Å². The van der Waals surface area contributed by atoms with Crippen LogP contribution < -0.4 is 11.1 Å². The van der Waals surface area contributed by atoms with E-state index in [0.29, 0.717) is 18.9 Å². The fourth-order valence-corrected chi connectivity index (χ4v) is 1.41. The Morgan fingerprint density at radius 1 is 1.35 bits per heavy atom. The van der Waals surface area contributed by atoms with Crippen molar-refractivity contribution in [1.82, 2.24) is 5.32 Å². The Kier molecular flexibility index (Phi) is 7.95. The molecule has 0 aliphatic rings. The second kappa shape index (κ2) is 8.33. The smallest absolute Gasteiger partial charge is 0.356 e. The summed E-state index contributed by atoms with van der Waals surface area (Å²) in [7, 11) is 0. The lowest BCUT2D eigenvalue weighted by molar-refractivity contribution is -0.136. The van der Waals surface area contributed by atoms with Crippen molar-refractivity contribution < 1.29 is 18.0 Å². The molecule has 0 aromatic rings. The van der Waals surface area contributed by atoms with Crippen molar-refractivity contribution in [3.8, 4) is 0 Å². The fraction of sp³-hybridized carbons (Fsp3) is 0.909. The van der Waals surface area contributed by atoms with Crippen LogP contribution in [0.3, 0.4) is 0 Å². The number of amides is 1. The lowest BCUT2D eigenvalue weighted by Crippen LogP contribution is -2.25. The monoisotopic (exact) mass is 254 g/mol. The third-order valence-electron chi connectivity index (χ3n) is 2.48. The Morgan fingerprint density at radius 2 is 2.00 bits per heavy atom. The van der Waals surface area contributed by atoms with Crippen molar-refractivity contribution in [2.45, 2.75) is 45.2 Å². The molecule has 17 heavy (non-hydrogen) atoms. The third-order valence-corrected chi connectivity index (χ3v) is 2.48. The van der Waals surface area contributed by atoms with E-state index in [9.17, 15) is 18.0 Å². The Hall–Kier alpha value is -0.780. The minimum atomic E-state index is -4.14. The fourth-order valence-electron chi connectivity index (χ4n) is 1.41. The summed E-state index contributed by atoms with van der Waals surface area (Å²) in [6.07, 6.45) is -3.11. The highest BCUT2D eigenvalue weighted by Crippen LogP contribution is 2.20. The van der Waals surface area contributed by atoms with Gasteiger partial charge in [0.2, 0.25) is 5.91 Å². The van der Waals surface area contributed by atoms with Crippen LogP contribution in [-0.4, -0.2) is 25.2 Å². The van der Waals surface area contributed by atoms with Gasteiger partial charge in [0.05, 0.1) is 0 Å². The molecule has 0 rings (SSSR count). The van der Waals surface area contributed by atoms with Gasteiger partial charge in [0, 0.05) is 19.4 Å². The van der Waals surface area contributed by atoms with Crippen LogP contribution in [0.5, 0.6) is 0 Å². The number of carbonyl (C=O) groups is 1. The number of rotatable bonds is 8. The first kappa shape index (κ1) is 16.2. The van der Waals surface area contributed by atoms with Crippen molar-refractivity contribution >= 4 is 5.91 Å². The Labute approximate surface area is 99.9 Å². The van der Waals surface area contributed by atoms with E-state index in [2.05, 4.69) is 5.32 Å². The zero-order valence-corrected chi connectivity index (χ0v) is 10.1. The van der Waals surface area contributed by atoms with E-state index in [1.54, 1.807) is 0 Å². The molecular weight excluding hydrogens is 233 g/mol. The van der Waals surface area contributed by atoms with Crippen LogP contribution in [0.1, 0.15) is 39.0 Å². The molecule has 0 saturated carbocycles. The molecule has 1 unspecified atom stereocenters. The van der Waals surface area contributed by atoms with Crippen molar-refractivity contribution in [2.24, 2.45) is 11.7 Å². The maximum atomic E-state index is 11.8. The second-order valence-corrected chi connectivity index (χ2v) is 4.29. The van der Waals surface area contributed by atoms with Crippen molar-refractivity contribution in [3.63, 3.8) is 0 Å². The van der Waals surface area contributed by atoms with E-state index in [1.165, 1.54) is 0 Å². The van der Waals surface area contributed by atoms with Gasteiger partial charge in [-0.05, 0) is 31.7 Å². The van der Waals surface area contributed by atoms with Gasteiger partial charge in [-0.15, -0.1) is 0 Å². The molecular formula is C11H21F3N2O. The predicted molar refractivity (Wildman–Crippen MR) is 60.4 cm³/mol. The van der Waals surface area contributed by atoms with E-state index in [-0.39, 0.29) is 18.9 Å². The summed E-state index contributed by atoms with van der Waals surface area (Å²) in [5, 5.41) is 2.48. The molecule has 0 spiro atoms. The topological polar surface area (TPSA) is 55.1 Å². The highest BCUT2D eigenvalue weighted by atomic mass is 19.4. The van der Waals surface area contributed by atoms with E-state index < -0.39 is 12.6 Å². The van der Waals surface area contributed by atoms with Crippen LogP contribution in [-0.2, 0) is 4.79 Å². The van der Waals surface area contributed by atoms with Gasteiger partial charge in [-0.25, -0.2) is 0 Å². The third kappa shape index (κ3) is 11.5. The average Bonchev–Trinajstić information content (AvgIpc) is 2.21. The summed E-state index contributed by atoms with van der Waals surface area (Å²) in [4.78, 5) is 11.3. The van der Waals surface area contributed by atoms with Crippen molar-refractivity contribution in [2.75, 3.05) is 13.1 Å². The summed E-state index contributed by atoms with van der Waals surface area (Å²) in [5.74, 6) is 0.192. The molecule has 0 bridgehead atoms. The highest BCUT2D eigenvalue weighted by molar-refractivity contribution is 5.75. The Bertz CT molecular complexity index is 219. The first-order valence-corrected chi connectivity index (χ1v) is 5.88. The van der Waals surface area contributed by atoms with Gasteiger partial charge in [0.25, 0.3) is 0 Å². The normalized spacial score (nSPS) is 13.5. The standard InChI is InChI=1S/C11H21F3N2O/c1-9(5-7-15)3-4-10(17)16-8-2-6-11(12,13)14/h9H,2-8,15H2,1H3,(H,16,17). The summed E-state index contributed by atoms with van der Waals surface area (Å²) in [6.45, 7) is 2.68. The predicted octanol–water partition coefficient (Wildman–Crippen LogP) is 2.21. The molecule has 3 nitrogen and oxygen atoms in total. The molecule has 1 amide bonds. The first-order valence-electron chi connectivity index (χ1n) is 5.88. The SMILES string of the molecule is CC(CCN)CCC(=O)NCCCC(F)(F)F. The number of nitrogens with one attached hydrogen (secondary N) is 1.